The fraction of sp³-hybridized carbons (Fsp3) is 0.381. The van der Waals surface area contributed by atoms with Gasteiger partial charge in [-0.3, -0.25) is 4.79 Å². The van der Waals surface area contributed by atoms with Crippen LogP contribution in [0.1, 0.15) is 42.0 Å². The number of hydrogen-bond acceptors (Lipinski definition) is 3. The fourth-order valence-corrected chi connectivity index (χ4v) is 3.97. The van der Waals surface area contributed by atoms with Crippen LogP contribution in [0.4, 0.5) is 0 Å². The SMILES string of the molecule is C[C@H](NCc1ccc(OCc2cccc(I)c2)c2c1CCCC2)C(N)=O. The predicted octanol–water partition coefficient (Wildman–Crippen LogP) is 3.71. The topological polar surface area (TPSA) is 64.3 Å². The molecule has 3 rings (SSSR count). The Morgan fingerprint density at radius 2 is 2.00 bits per heavy atom. The van der Waals surface area contributed by atoms with E-state index in [2.05, 4.69) is 64.3 Å². The highest BCUT2D eigenvalue weighted by molar-refractivity contribution is 14.1. The Morgan fingerprint density at radius 1 is 1.23 bits per heavy atom. The molecule has 0 aliphatic heterocycles. The highest BCUT2D eigenvalue weighted by Gasteiger charge is 2.19. The molecule has 0 spiro atoms. The van der Waals surface area contributed by atoms with Gasteiger partial charge in [0.2, 0.25) is 5.91 Å². The summed E-state index contributed by atoms with van der Waals surface area (Å²) in [6.45, 7) is 3.04. The number of ether oxygens (including phenoxy) is 1. The first kappa shape index (κ1) is 19.2. The van der Waals surface area contributed by atoms with Gasteiger partial charge in [0.25, 0.3) is 0 Å². The molecule has 0 unspecified atom stereocenters. The Bertz CT molecular complexity index is 792. The summed E-state index contributed by atoms with van der Waals surface area (Å²) >= 11 is 2.32. The normalized spacial score (nSPS) is 14.5. The first-order valence-corrected chi connectivity index (χ1v) is 10.2. The van der Waals surface area contributed by atoms with Gasteiger partial charge in [0.15, 0.2) is 0 Å². The number of primary amides is 1. The third-order valence-electron chi connectivity index (χ3n) is 4.90. The van der Waals surface area contributed by atoms with E-state index in [1.807, 2.05) is 0 Å². The second-order valence-corrected chi connectivity index (χ2v) is 8.06. The molecule has 0 fully saturated rings. The molecule has 2 aromatic rings. The van der Waals surface area contributed by atoms with Gasteiger partial charge in [-0.1, -0.05) is 18.2 Å². The number of amides is 1. The van der Waals surface area contributed by atoms with E-state index in [0.29, 0.717) is 13.2 Å². The maximum atomic E-state index is 11.2. The molecule has 1 aliphatic carbocycles. The van der Waals surface area contributed by atoms with E-state index in [1.54, 1.807) is 6.92 Å². The van der Waals surface area contributed by atoms with Crippen LogP contribution < -0.4 is 15.8 Å². The molecule has 5 heteroatoms. The van der Waals surface area contributed by atoms with E-state index in [1.165, 1.54) is 38.7 Å². The van der Waals surface area contributed by atoms with Gasteiger partial charge in [-0.15, -0.1) is 0 Å². The lowest BCUT2D eigenvalue weighted by atomic mass is 9.87. The van der Waals surface area contributed by atoms with Gasteiger partial charge in [-0.2, -0.15) is 0 Å². The maximum absolute atomic E-state index is 11.2. The summed E-state index contributed by atoms with van der Waals surface area (Å²) in [4.78, 5) is 11.2. The van der Waals surface area contributed by atoms with E-state index in [-0.39, 0.29) is 11.9 Å². The molecule has 4 nitrogen and oxygen atoms in total. The molecule has 26 heavy (non-hydrogen) atoms. The van der Waals surface area contributed by atoms with Crippen LogP contribution >= 0.6 is 22.6 Å². The monoisotopic (exact) mass is 464 g/mol. The van der Waals surface area contributed by atoms with Crippen molar-refractivity contribution in [3.05, 3.63) is 62.2 Å². The third kappa shape index (κ3) is 4.76. The Hall–Kier alpha value is -1.60. The second-order valence-electron chi connectivity index (χ2n) is 6.81. The van der Waals surface area contributed by atoms with Crippen molar-refractivity contribution in [2.45, 2.75) is 51.8 Å². The highest BCUT2D eigenvalue weighted by Crippen LogP contribution is 2.33. The van der Waals surface area contributed by atoms with E-state index < -0.39 is 0 Å². The lowest BCUT2D eigenvalue weighted by Crippen LogP contribution is -2.38. The van der Waals surface area contributed by atoms with Crippen molar-refractivity contribution in [2.75, 3.05) is 0 Å². The van der Waals surface area contributed by atoms with Crippen molar-refractivity contribution in [1.29, 1.82) is 0 Å². The van der Waals surface area contributed by atoms with Crippen molar-refractivity contribution < 1.29 is 9.53 Å². The first-order chi connectivity index (χ1) is 12.5. The standard InChI is InChI=1S/C21H25IN2O2/c1-14(21(23)25)24-12-16-9-10-20(19-8-3-2-7-18(16)19)26-13-15-5-4-6-17(22)11-15/h4-6,9-11,14,24H,2-3,7-8,12-13H2,1H3,(H2,23,25)/t14-/m0/s1. The number of halogens is 1. The maximum Gasteiger partial charge on any atom is 0.234 e. The zero-order valence-corrected chi connectivity index (χ0v) is 17.2. The average Bonchev–Trinajstić information content (AvgIpc) is 2.64. The van der Waals surface area contributed by atoms with E-state index in [0.717, 1.165) is 18.6 Å². The van der Waals surface area contributed by atoms with Crippen LogP contribution in [-0.4, -0.2) is 11.9 Å². The summed E-state index contributed by atoms with van der Waals surface area (Å²) < 4.78 is 7.38. The van der Waals surface area contributed by atoms with Gasteiger partial charge in [0.1, 0.15) is 12.4 Å². The van der Waals surface area contributed by atoms with E-state index in [9.17, 15) is 4.79 Å². The van der Waals surface area contributed by atoms with Gasteiger partial charge in [-0.25, -0.2) is 0 Å². The van der Waals surface area contributed by atoms with Crippen molar-refractivity contribution in [3.8, 4) is 5.75 Å². The van der Waals surface area contributed by atoms with Crippen LogP contribution in [0.2, 0.25) is 0 Å². The molecule has 1 aliphatic rings. The number of carbonyl (C=O) groups excluding carboxylic acids is 1. The number of hydrogen-bond donors (Lipinski definition) is 2. The van der Waals surface area contributed by atoms with Gasteiger partial charge in [0.05, 0.1) is 6.04 Å². The third-order valence-corrected chi connectivity index (χ3v) is 5.57. The molecule has 1 amide bonds. The Labute approximate surface area is 168 Å². The van der Waals surface area contributed by atoms with Gasteiger partial charge in [-0.05, 0) is 95.7 Å². The number of carbonyl (C=O) groups is 1. The number of fused-ring (bicyclic) bond motifs is 1. The van der Waals surface area contributed by atoms with Crippen LogP contribution in [-0.2, 0) is 30.8 Å². The lowest BCUT2D eigenvalue weighted by molar-refractivity contribution is -0.119. The van der Waals surface area contributed by atoms with E-state index >= 15 is 0 Å². The average molecular weight is 464 g/mol. The molecule has 0 heterocycles. The molecule has 0 saturated carbocycles. The smallest absolute Gasteiger partial charge is 0.234 e. The van der Waals surface area contributed by atoms with Gasteiger partial charge >= 0.3 is 0 Å². The molecule has 0 aromatic heterocycles. The zero-order valence-electron chi connectivity index (χ0n) is 15.1. The van der Waals surface area contributed by atoms with Crippen molar-refractivity contribution in [1.82, 2.24) is 5.32 Å². The largest absolute Gasteiger partial charge is 0.489 e. The minimum Gasteiger partial charge on any atom is -0.489 e. The molecule has 0 bridgehead atoms. The van der Waals surface area contributed by atoms with Gasteiger partial charge < -0.3 is 15.8 Å². The van der Waals surface area contributed by atoms with Gasteiger partial charge in [0, 0.05) is 10.1 Å². The Kier molecular flexibility index (Phi) is 6.53. The number of nitrogens with two attached hydrogens (primary N) is 1. The van der Waals surface area contributed by atoms with Crippen molar-refractivity contribution in [3.63, 3.8) is 0 Å². The zero-order chi connectivity index (χ0) is 18.5. The Balaban J connectivity index is 1.76. The molecule has 3 N–H and O–H groups in total. The van der Waals surface area contributed by atoms with Crippen LogP contribution in [0, 0.1) is 3.57 Å². The molecule has 138 valence electrons. The molecular formula is C21H25IN2O2. The number of nitrogens with one attached hydrogen (secondary N) is 1. The summed E-state index contributed by atoms with van der Waals surface area (Å²) in [6, 6.07) is 12.3. The van der Waals surface area contributed by atoms with Crippen molar-refractivity contribution >= 4 is 28.5 Å². The predicted molar refractivity (Wildman–Crippen MR) is 112 cm³/mol. The molecule has 2 aromatic carbocycles. The highest BCUT2D eigenvalue weighted by atomic mass is 127. The molecular weight excluding hydrogens is 439 g/mol. The quantitative estimate of drug-likeness (QED) is 0.615. The fourth-order valence-electron chi connectivity index (χ4n) is 3.36. The second kappa shape index (κ2) is 8.86. The van der Waals surface area contributed by atoms with Crippen LogP contribution in [0.3, 0.4) is 0 Å². The summed E-state index contributed by atoms with van der Waals surface area (Å²) in [5, 5.41) is 3.22. The van der Waals surface area contributed by atoms with E-state index in [4.69, 9.17) is 10.5 Å². The van der Waals surface area contributed by atoms with Crippen molar-refractivity contribution in [2.24, 2.45) is 5.73 Å². The number of benzene rings is 2. The summed E-state index contributed by atoms with van der Waals surface area (Å²) in [6.07, 6.45) is 4.51. The molecule has 0 saturated heterocycles. The summed E-state index contributed by atoms with van der Waals surface area (Å²) in [5.41, 5.74) is 10.5. The van der Waals surface area contributed by atoms with Crippen LogP contribution in [0.5, 0.6) is 5.75 Å². The minimum atomic E-state index is -0.328. The molecule has 1 atom stereocenters. The minimum absolute atomic E-state index is 0.323. The summed E-state index contributed by atoms with van der Waals surface area (Å²) in [5.74, 6) is 0.668. The lowest BCUT2D eigenvalue weighted by Gasteiger charge is -2.23. The van der Waals surface area contributed by atoms with Crippen LogP contribution in [0.25, 0.3) is 0 Å². The molecule has 0 radical (unpaired) electrons. The first-order valence-electron chi connectivity index (χ1n) is 9.08. The van der Waals surface area contributed by atoms with Crippen LogP contribution in [0.15, 0.2) is 36.4 Å². The number of rotatable bonds is 7. The Morgan fingerprint density at radius 3 is 2.73 bits per heavy atom. The summed E-state index contributed by atoms with van der Waals surface area (Å²) in [7, 11) is 0.